The van der Waals surface area contributed by atoms with Gasteiger partial charge >= 0.3 is 0 Å². The second kappa shape index (κ2) is 5.75. The molecule has 5 nitrogen and oxygen atoms in total. The highest BCUT2D eigenvalue weighted by Crippen LogP contribution is 2.39. The Hall–Kier alpha value is -1.83. The van der Waals surface area contributed by atoms with E-state index in [0.29, 0.717) is 18.9 Å². The fourth-order valence-corrected chi connectivity index (χ4v) is 3.63. The molecule has 2 aliphatic rings. The number of carbonyl (C=O) groups is 1. The van der Waals surface area contributed by atoms with Crippen molar-refractivity contribution in [3.05, 3.63) is 17.5 Å². The molecule has 22 heavy (non-hydrogen) atoms. The first-order valence-electron chi connectivity index (χ1n) is 8.36. The number of aryl methyl sites for hydroxylation is 1. The summed E-state index contributed by atoms with van der Waals surface area (Å²) in [5, 5.41) is 17.3. The fourth-order valence-electron chi connectivity index (χ4n) is 3.63. The monoisotopic (exact) mass is 300 g/mol. The van der Waals surface area contributed by atoms with Crippen LogP contribution < -0.4 is 5.32 Å². The van der Waals surface area contributed by atoms with Crippen molar-refractivity contribution >= 4 is 5.91 Å². The van der Waals surface area contributed by atoms with Crippen LogP contribution in [-0.4, -0.2) is 15.7 Å². The maximum atomic E-state index is 12.6. The van der Waals surface area contributed by atoms with Crippen molar-refractivity contribution in [3.8, 4) is 6.07 Å². The fraction of sp³-hybridized carbons (Fsp3) is 0.706. The van der Waals surface area contributed by atoms with Gasteiger partial charge in [0, 0.05) is 12.2 Å². The number of hydrogen-bond donors (Lipinski definition) is 1. The van der Waals surface area contributed by atoms with E-state index in [2.05, 4.69) is 36.5 Å². The molecule has 0 spiro atoms. The molecule has 1 aromatic rings. The van der Waals surface area contributed by atoms with Gasteiger partial charge in [0.05, 0.1) is 17.8 Å². The minimum atomic E-state index is -0.807. The number of aromatic nitrogens is 2. The van der Waals surface area contributed by atoms with Crippen molar-refractivity contribution in [2.24, 2.45) is 5.41 Å². The predicted octanol–water partition coefficient (Wildman–Crippen LogP) is 3.04. The summed E-state index contributed by atoms with van der Waals surface area (Å²) in [6.45, 7) is 4.21. The Balaban J connectivity index is 1.80. The van der Waals surface area contributed by atoms with Crippen LogP contribution in [0.2, 0.25) is 0 Å². The zero-order chi connectivity index (χ0) is 15.7. The lowest BCUT2D eigenvalue weighted by atomic mass is 9.85. The summed E-state index contributed by atoms with van der Waals surface area (Å²) in [6.07, 6.45) is 8.42. The summed E-state index contributed by atoms with van der Waals surface area (Å²) in [7, 11) is 0. The number of carbonyl (C=O) groups excluding carboxylic acids is 1. The molecule has 1 N–H and O–H groups in total. The second-order valence-corrected chi connectivity index (χ2v) is 6.93. The first-order chi connectivity index (χ1) is 10.6. The molecule has 0 saturated heterocycles. The highest BCUT2D eigenvalue weighted by molar-refractivity contribution is 5.86. The van der Waals surface area contributed by atoms with E-state index in [1.165, 1.54) is 5.56 Å². The van der Waals surface area contributed by atoms with Crippen molar-refractivity contribution in [1.82, 2.24) is 15.1 Å². The maximum Gasteiger partial charge on any atom is 0.241 e. The molecule has 1 amide bonds. The molecule has 0 bridgehead atoms. The zero-order valence-corrected chi connectivity index (χ0v) is 13.4. The first kappa shape index (κ1) is 15.1. The van der Waals surface area contributed by atoms with E-state index >= 15 is 0 Å². The third-order valence-electron chi connectivity index (χ3n) is 5.05. The van der Waals surface area contributed by atoms with E-state index in [-0.39, 0.29) is 11.9 Å². The standard InChI is InChI=1S/C17H24N4O/c1-12(2)21-10-13-6-5-7-14(15(13)20-21)19-16(22)17(11-18)8-3-4-9-17/h10,12,14H,3-9H2,1-2H3,(H,19,22)/t14-/m0/s1. The minimum Gasteiger partial charge on any atom is -0.346 e. The number of rotatable bonds is 3. The molecule has 2 aliphatic carbocycles. The minimum absolute atomic E-state index is 0.0397. The van der Waals surface area contributed by atoms with Crippen LogP contribution in [0.1, 0.15) is 75.7 Å². The quantitative estimate of drug-likeness (QED) is 0.932. The molecule has 1 saturated carbocycles. The van der Waals surface area contributed by atoms with Crippen LogP contribution in [0.25, 0.3) is 0 Å². The summed E-state index contributed by atoms with van der Waals surface area (Å²) < 4.78 is 1.98. The molecule has 1 atom stereocenters. The van der Waals surface area contributed by atoms with Gasteiger partial charge in [0.15, 0.2) is 0 Å². The summed E-state index contributed by atoms with van der Waals surface area (Å²) in [5.74, 6) is -0.0931. The number of amides is 1. The first-order valence-corrected chi connectivity index (χ1v) is 8.36. The van der Waals surface area contributed by atoms with Gasteiger partial charge in [-0.1, -0.05) is 12.8 Å². The van der Waals surface area contributed by atoms with Gasteiger partial charge < -0.3 is 5.32 Å². The van der Waals surface area contributed by atoms with Gasteiger partial charge in [0.2, 0.25) is 5.91 Å². The molecule has 1 aromatic heterocycles. The maximum absolute atomic E-state index is 12.6. The van der Waals surface area contributed by atoms with Crippen LogP contribution >= 0.6 is 0 Å². The Morgan fingerprint density at radius 3 is 2.82 bits per heavy atom. The van der Waals surface area contributed by atoms with E-state index < -0.39 is 5.41 Å². The number of fused-ring (bicyclic) bond motifs is 1. The Bertz CT molecular complexity index is 605. The lowest BCUT2D eigenvalue weighted by molar-refractivity contribution is -0.128. The number of hydrogen-bond acceptors (Lipinski definition) is 3. The van der Waals surface area contributed by atoms with Crippen molar-refractivity contribution in [2.45, 2.75) is 70.9 Å². The lowest BCUT2D eigenvalue weighted by Crippen LogP contribution is -2.41. The third kappa shape index (κ3) is 2.51. The van der Waals surface area contributed by atoms with Crippen LogP contribution in [0, 0.1) is 16.7 Å². The molecule has 0 aromatic carbocycles. The molecule has 1 heterocycles. The van der Waals surface area contributed by atoms with Crippen molar-refractivity contribution in [1.29, 1.82) is 5.26 Å². The average Bonchev–Trinajstić information content (AvgIpc) is 3.15. The van der Waals surface area contributed by atoms with Crippen molar-refractivity contribution in [3.63, 3.8) is 0 Å². The van der Waals surface area contributed by atoms with Crippen LogP contribution in [-0.2, 0) is 11.2 Å². The summed E-state index contributed by atoms with van der Waals surface area (Å²) in [5.41, 5.74) is 1.43. The number of nitrogens with zero attached hydrogens (tertiary/aromatic N) is 3. The molecule has 0 radical (unpaired) electrons. The van der Waals surface area contributed by atoms with Gasteiger partial charge in [0.1, 0.15) is 5.41 Å². The van der Waals surface area contributed by atoms with E-state index in [0.717, 1.165) is 37.8 Å². The lowest BCUT2D eigenvalue weighted by Gasteiger charge is -2.26. The molecular formula is C17H24N4O. The Morgan fingerprint density at radius 2 is 2.18 bits per heavy atom. The van der Waals surface area contributed by atoms with Crippen LogP contribution in [0.3, 0.4) is 0 Å². The van der Waals surface area contributed by atoms with E-state index in [9.17, 15) is 10.1 Å². The third-order valence-corrected chi connectivity index (χ3v) is 5.05. The molecule has 0 aliphatic heterocycles. The Labute approximate surface area is 131 Å². The normalized spacial score (nSPS) is 23.1. The van der Waals surface area contributed by atoms with E-state index in [1.54, 1.807) is 0 Å². The smallest absolute Gasteiger partial charge is 0.241 e. The van der Waals surface area contributed by atoms with Gasteiger partial charge in [-0.25, -0.2) is 0 Å². The molecule has 1 fully saturated rings. The van der Waals surface area contributed by atoms with E-state index in [1.807, 2.05) is 4.68 Å². The summed E-state index contributed by atoms with van der Waals surface area (Å²) in [4.78, 5) is 12.6. The second-order valence-electron chi connectivity index (χ2n) is 6.93. The largest absolute Gasteiger partial charge is 0.346 e. The summed E-state index contributed by atoms with van der Waals surface area (Å²) >= 11 is 0. The van der Waals surface area contributed by atoms with Crippen LogP contribution in [0.15, 0.2) is 6.20 Å². The molecule has 5 heteroatoms. The van der Waals surface area contributed by atoms with Gasteiger partial charge in [-0.3, -0.25) is 9.48 Å². The molecule has 0 unspecified atom stereocenters. The van der Waals surface area contributed by atoms with Gasteiger partial charge in [0.25, 0.3) is 0 Å². The topological polar surface area (TPSA) is 70.7 Å². The van der Waals surface area contributed by atoms with E-state index in [4.69, 9.17) is 0 Å². The molecular weight excluding hydrogens is 276 g/mol. The Kier molecular flexibility index (Phi) is 3.94. The van der Waals surface area contributed by atoms with Gasteiger partial charge in [-0.2, -0.15) is 10.4 Å². The van der Waals surface area contributed by atoms with Crippen molar-refractivity contribution < 1.29 is 4.79 Å². The van der Waals surface area contributed by atoms with Gasteiger partial charge in [-0.15, -0.1) is 0 Å². The number of nitriles is 1. The van der Waals surface area contributed by atoms with Crippen LogP contribution in [0.5, 0.6) is 0 Å². The average molecular weight is 300 g/mol. The zero-order valence-electron chi connectivity index (χ0n) is 13.4. The molecule has 3 rings (SSSR count). The highest BCUT2D eigenvalue weighted by Gasteiger charge is 2.42. The van der Waals surface area contributed by atoms with Gasteiger partial charge in [-0.05, 0) is 51.5 Å². The van der Waals surface area contributed by atoms with Crippen LogP contribution in [0.4, 0.5) is 0 Å². The SMILES string of the molecule is CC(C)n1cc2c(n1)[C@@H](NC(=O)C1(C#N)CCCC1)CCC2. The molecule has 118 valence electrons. The number of nitrogens with one attached hydrogen (secondary N) is 1. The Morgan fingerprint density at radius 1 is 1.45 bits per heavy atom. The summed E-state index contributed by atoms with van der Waals surface area (Å²) in [6, 6.07) is 2.56. The predicted molar refractivity (Wildman–Crippen MR) is 82.9 cm³/mol. The highest BCUT2D eigenvalue weighted by atomic mass is 16.2. The van der Waals surface area contributed by atoms with Crippen molar-refractivity contribution in [2.75, 3.05) is 0 Å².